The lowest BCUT2D eigenvalue weighted by Crippen LogP contribution is -2.31. The maximum Gasteiger partial charge on any atom is 0.342 e. The third kappa shape index (κ3) is 3.84. The molecule has 0 radical (unpaired) electrons. The van der Waals surface area contributed by atoms with Crippen LogP contribution in [0, 0.1) is 0 Å². The van der Waals surface area contributed by atoms with Crippen LogP contribution < -0.4 is 5.73 Å². The fourth-order valence-electron chi connectivity index (χ4n) is 1.31. The summed E-state index contributed by atoms with van der Waals surface area (Å²) >= 11 is 11.5. The molecular weight excluding hydrogens is 268 g/mol. The number of esters is 1. The van der Waals surface area contributed by atoms with Gasteiger partial charge in [-0.1, -0.05) is 23.2 Å². The molecule has 1 unspecified atom stereocenters. The molecule has 0 aromatic heterocycles. The molecule has 0 aliphatic rings. The Kier molecular flexibility index (Phi) is 5.18. The van der Waals surface area contributed by atoms with Crippen molar-refractivity contribution in [3.05, 3.63) is 33.8 Å². The second kappa shape index (κ2) is 6.19. The zero-order valence-corrected chi connectivity index (χ0v) is 10.6. The molecule has 6 heteroatoms. The standard InChI is InChI=1S/C11H12Cl2FNO2/c1-2-17-11(16)9(14)10(15)6-3-7(12)5-8(13)4-6/h3-5,9-10H,2,15H2,1H3/t9?,10-/m1/s1. The van der Waals surface area contributed by atoms with Crippen molar-refractivity contribution in [2.75, 3.05) is 6.61 Å². The third-order valence-electron chi connectivity index (χ3n) is 2.10. The number of rotatable bonds is 4. The molecule has 0 saturated heterocycles. The zero-order valence-electron chi connectivity index (χ0n) is 9.12. The summed E-state index contributed by atoms with van der Waals surface area (Å²) in [7, 11) is 0. The summed E-state index contributed by atoms with van der Waals surface area (Å²) in [6.07, 6.45) is -1.94. The minimum atomic E-state index is -1.94. The first kappa shape index (κ1) is 14.2. The van der Waals surface area contributed by atoms with Gasteiger partial charge in [0, 0.05) is 10.0 Å². The molecule has 0 spiro atoms. The smallest absolute Gasteiger partial charge is 0.342 e. The van der Waals surface area contributed by atoms with Crippen molar-refractivity contribution < 1.29 is 13.9 Å². The van der Waals surface area contributed by atoms with Gasteiger partial charge in [0.05, 0.1) is 12.6 Å². The van der Waals surface area contributed by atoms with E-state index in [4.69, 9.17) is 28.9 Å². The van der Waals surface area contributed by atoms with Gasteiger partial charge in [0.2, 0.25) is 6.17 Å². The largest absolute Gasteiger partial charge is 0.464 e. The van der Waals surface area contributed by atoms with E-state index in [0.29, 0.717) is 15.6 Å². The predicted molar refractivity (Wildman–Crippen MR) is 64.9 cm³/mol. The lowest BCUT2D eigenvalue weighted by molar-refractivity contribution is -0.149. The van der Waals surface area contributed by atoms with E-state index in [2.05, 4.69) is 4.74 Å². The van der Waals surface area contributed by atoms with Crippen LogP contribution in [0.1, 0.15) is 18.5 Å². The quantitative estimate of drug-likeness (QED) is 0.863. The van der Waals surface area contributed by atoms with Crippen molar-refractivity contribution in [1.82, 2.24) is 0 Å². The van der Waals surface area contributed by atoms with Gasteiger partial charge in [-0.2, -0.15) is 0 Å². The molecule has 1 aromatic carbocycles. The summed E-state index contributed by atoms with van der Waals surface area (Å²) in [5.74, 6) is -0.990. The molecule has 0 saturated carbocycles. The highest BCUT2D eigenvalue weighted by Crippen LogP contribution is 2.25. The third-order valence-corrected chi connectivity index (χ3v) is 2.53. The van der Waals surface area contributed by atoms with E-state index in [1.54, 1.807) is 6.92 Å². The van der Waals surface area contributed by atoms with Crippen LogP contribution in [0.5, 0.6) is 0 Å². The molecule has 1 rings (SSSR count). The maximum absolute atomic E-state index is 13.6. The van der Waals surface area contributed by atoms with E-state index in [1.807, 2.05) is 0 Å². The number of carbonyl (C=O) groups excluding carboxylic acids is 1. The Hall–Kier alpha value is -0.840. The molecule has 0 fully saturated rings. The van der Waals surface area contributed by atoms with Crippen LogP contribution in [-0.4, -0.2) is 18.7 Å². The highest BCUT2D eigenvalue weighted by Gasteiger charge is 2.28. The van der Waals surface area contributed by atoms with Gasteiger partial charge in [0.25, 0.3) is 0 Å². The zero-order chi connectivity index (χ0) is 13.0. The van der Waals surface area contributed by atoms with Crippen LogP contribution in [0.25, 0.3) is 0 Å². The summed E-state index contributed by atoms with van der Waals surface area (Å²) in [6.45, 7) is 1.69. The van der Waals surface area contributed by atoms with Crippen LogP contribution in [0.15, 0.2) is 18.2 Å². The summed E-state index contributed by atoms with van der Waals surface area (Å²) < 4.78 is 18.2. The Labute approximate surface area is 109 Å². The number of benzene rings is 1. The Morgan fingerprint density at radius 1 is 1.41 bits per heavy atom. The molecule has 2 N–H and O–H groups in total. The molecule has 0 aliphatic carbocycles. The van der Waals surface area contributed by atoms with Gasteiger partial charge < -0.3 is 10.5 Å². The van der Waals surface area contributed by atoms with Gasteiger partial charge in [-0.25, -0.2) is 9.18 Å². The predicted octanol–water partition coefficient (Wildman–Crippen LogP) is 2.89. The number of carbonyl (C=O) groups is 1. The van der Waals surface area contributed by atoms with Crippen molar-refractivity contribution in [1.29, 1.82) is 0 Å². The summed E-state index contributed by atoms with van der Waals surface area (Å²) in [6, 6.07) is 3.27. The van der Waals surface area contributed by atoms with Crippen LogP contribution >= 0.6 is 23.2 Å². The molecule has 0 amide bonds. The highest BCUT2D eigenvalue weighted by molar-refractivity contribution is 6.34. The van der Waals surface area contributed by atoms with E-state index in [-0.39, 0.29) is 6.61 Å². The van der Waals surface area contributed by atoms with Crippen molar-refractivity contribution in [2.45, 2.75) is 19.1 Å². The first-order valence-corrected chi connectivity index (χ1v) is 5.73. The topological polar surface area (TPSA) is 52.3 Å². The normalized spacial score (nSPS) is 14.2. The van der Waals surface area contributed by atoms with Gasteiger partial charge in [-0.05, 0) is 30.7 Å². The van der Waals surface area contributed by atoms with Gasteiger partial charge in [-0.15, -0.1) is 0 Å². The Morgan fingerprint density at radius 3 is 2.41 bits per heavy atom. The molecule has 0 aliphatic heterocycles. The molecular formula is C11H12Cl2FNO2. The molecule has 1 aromatic rings. The Bertz CT molecular complexity index is 394. The van der Waals surface area contributed by atoms with Gasteiger partial charge in [0.1, 0.15) is 0 Å². The fourth-order valence-corrected chi connectivity index (χ4v) is 1.85. The Balaban J connectivity index is 2.87. The highest BCUT2D eigenvalue weighted by atomic mass is 35.5. The average molecular weight is 280 g/mol. The minimum absolute atomic E-state index is 0.0995. The van der Waals surface area contributed by atoms with E-state index >= 15 is 0 Å². The van der Waals surface area contributed by atoms with Crippen LogP contribution in [0.4, 0.5) is 4.39 Å². The van der Waals surface area contributed by atoms with Crippen molar-refractivity contribution in [3.8, 4) is 0 Å². The van der Waals surface area contributed by atoms with Gasteiger partial charge in [-0.3, -0.25) is 0 Å². The lowest BCUT2D eigenvalue weighted by Gasteiger charge is -2.16. The van der Waals surface area contributed by atoms with Crippen LogP contribution in [-0.2, 0) is 9.53 Å². The molecule has 17 heavy (non-hydrogen) atoms. The van der Waals surface area contributed by atoms with E-state index in [0.717, 1.165) is 0 Å². The van der Waals surface area contributed by atoms with Gasteiger partial charge in [0.15, 0.2) is 0 Å². The summed E-state index contributed by atoms with van der Waals surface area (Å²) in [4.78, 5) is 11.2. The first-order valence-electron chi connectivity index (χ1n) is 4.98. The van der Waals surface area contributed by atoms with Crippen LogP contribution in [0.2, 0.25) is 10.0 Å². The Morgan fingerprint density at radius 2 is 1.94 bits per heavy atom. The number of halogens is 3. The van der Waals surface area contributed by atoms with E-state index < -0.39 is 18.2 Å². The molecule has 0 heterocycles. The van der Waals surface area contributed by atoms with Crippen molar-refractivity contribution >= 4 is 29.2 Å². The number of hydrogen-bond acceptors (Lipinski definition) is 3. The van der Waals surface area contributed by atoms with Gasteiger partial charge >= 0.3 is 5.97 Å². The number of hydrogen-bond donors (Lipinski definition) is 1. The minimum Gasteiger partial charge on any atom is -0.464 e. The fraction of sp³-hybridized carbons (Fsp3) is 0.364. The monoisotopic (exact) mass is 279 g/mol. The lowest BCUT2D eigenvalue weighted by atomic mass is 10.0. The van der Waals surface area contributed by atoms with Crippen molar-refractivity contribution in [3.63, 3.8) is 0 Å². The second-order valence-corrected chi connectivity index (χ2v) is 4.26. The van der Waals surface area contributed by atoms with Crippen LogP contribution in [0.3, 0.4) is 0 Å². The molecule has 0 bridgehead atoms. The number of alkyl halides is 1. The average Bonchev–Trinajstić information content (AvgIpc) is 2.26. The second-order valence-electron chi connectivity index (χ2n) is 3.38. The number of nitrogens with two attached hydrogens (primary N) is 1. The molecule has 94 valence electrons. The SMILES string of the molecule is CCOC(=O)C(F)[C@H](N)c1cc(Cl)cc(Cl)c1. The van der Waals surface area contributed by atoms with E-state index in [9.17, 15) is 9.18 Å². The number of ether oxygens (including phenoxy) is 1. The first-order chi connectivity index (χ1) is 7.95. The van der Waals surface area contributed by atoms with Crippen molar-refractivity contribution in [2.24, 2.45) is 5.73 Å². The molecule has 2 atom stereocenters. The molecule has 3 nitrogen and oxygen atoms in total. The summed E-state index contributed by atoms with van der Waals surface area (Å²) in [5.41, 5.74) is 5.96. The summed E-state index contributed by atoms with van der Waals surface area (Å²) in [5, 5.41) is 0.665. The maximum atomic E-state index is 13.6. The van der Waals surface area contributed by atoms with E-state index in [1.165, 1.54) is 18.2 Å².